The average Bonchev–Trinajstić information content (AvgIpc) is 2.91. The Kier molecular flexibility index (Phi) is 4.05. The topological polar surface area (TPSA) is 59.0 Å². The lowest BCUT2D eigenvalue weighted by atomic mass is 10.1. The van der Waals surface area contributed by atoms with Gasteiger partial charge in [0, 0.05) is 18.8 Å². The van der Waals surface area contributed by atoms with E-state index in [0.717, 1.165) is 11.3 Å². The number of hydrogen-bond donors (Lipinski definition) is 2. The van der Waals surface area contributed by atoms with Gasteiger partial charge in [0.25, 0.3) is 0 Å². The van der Waals surface area contributed by atoms with Crippen LogP contribution in [-0.4, -0.2) is 15.8 Å². The molecule has 2 aromatic carbocycles. The molecular weight excluding hydrogens is 295 g/mol. The van der Waals surface area contributed by atoms with Gasteiger partial charge in [-0.15, -0.1) is 0 Å². The normalized spacial score (nSPS) is 10.3. The van der Waals surface area contributed by atoms with Crippen LogP contribution in [0, 0.1) is 5.82 Å². The molecule has 3 rings (SSSR count). The molecule has 0 bridgehead atoms. The van der Waals surface area contributed by atoms with E-state index in [1.54, 1.807) is 10.7 Å². The number of amides is 2. The maximum Gasteiger partial charge on any atom is 0.324 e. The molecule has 0 saturated heterocycles. The number of halogens is 1. The van der Waals surface area contributed by atoms with Crippen molar-refractivity contribution in [3.63, 3.8) is 0 Å². The first-order valence-electron chi connectivity index (χ1n) is 7.05. The molecule has 2 N–H and O–H groups in total. The number of nitrogens with one attached hydrogen (secondary N) is 2. The summed E-state index contributed by atoms with van der Waals surface area (Å²) in [5, 5.41) is 9.55. The van der Waals surface area contributed by atoms with Crippen LogP contribution < -0.4 is 10.6 Å². The van der Waals surface area contributed by atoms with Crippen LogP contribution in [0.4, 0.5) is 20.7 Å². The number of benzene rings is 2. The molecule has 2 amide bonds. The van der Waals surface area contributed by atoms with Gasteiger partial charge in [-0.05, 0) is 29.8 Å². The Morgan fingerprint density at radius 3 is 2.43 bits per heavy atom. The van der Waals surface area contributed by atoms with E-state index in [9.17, 15) is 9.18 Å². The fourth-order valence-corrected chi connectivity index (χ4v) is 2.22. The molecule has 0 radical (unpaired) electrons. The second kappa shape index (κ2) is 6.31. The van der Waals surface area contributed by atoms with Crippen molar-refractivity contribution in [2.45, 2.75) is 0 Å². The third-order valence-corrected chi connectivity index (χ3v) is 3.29. The van der Waals surface area contributed by atoms with Crippen molar-refractivity contribution in [1.82, 2.24) is 9.78 Å². The van der Waals surface area contributed by atoms with Gasteiger partial charge in [0.2, 0.25) is 0 Å². The lowest BCUT2D eigenvalue weighted by Gasteiger charge is -2.04. The predicted molar refractivity (Wildman–Crippen MR) is 87.7 cm³/mol. The number of rotatable bonds is 3. The molecule has 0 aliphatic heterocycles. The second-order valence-corrected chi connectivity index (χ2v) is 4.99. The fourth-order valence-electron chi connectivity index (χ4n) is 2.22. The Morgan fingerprint density at radius 1 is 1.04 bits per heavy atom. The third-order valence-electron chi connectivity index (χ3n) is 3.29. The monoisotopic (exact) mass is 310 g/mol. The summed E-state index contributed by atoms with van der Waals surface area (Å²) in [5.41, 5.74) is 2.40. The first-order chi connectivity index (χ1) is 11.1. The third kappa shape index (κ3) is 3.55. The van der Waals surface area contributed by atoms with Crippen LogP contribution >= 0.6 is 0 Å². The zero-order valence-electron chi connectivity index (χ0n) is 12.5. The molecule has 5 nitrogen and oxygen atoms in total. The summed E-state index contributed by atoms with van der Waals surface area (Å²) in [5.74, 6) is 0.0825. The number of hydrogen-bond acceptors (Lipinski definition) is 2. The summed E-state index contributed by atoms with van der Waals surface area (Å²) in [4.78, 5) is 12.0. The average molecular weight is 310 g/mol. The molecule has 0 spiro atoms. The van der Waals surface area contributed by atoms with E-state index in [1.807, 2.05) is 37.4 Å². The number of carbonyl (C=O) groups excluding carboxylic acids is 1. The first-order valence-corrected chi connectivity index (χ1v) is 7.05. The standard InChI is InChI=1S/C17H15FN4O/c1-22-15(12-5-3-2-4-6-12)11-16(21-22)20-17(23)19-14-9-7-13(18)8-10-14/h2-11H,1H3,(H2,19,20,21,23). The zero-order chi connectivity index (χ0) is 16.2. The van der Waals surface area contributed by atoms with Gasteiger partial charge in [0.1, 0.15) is 5.82 Å². The highest BCUT2D eigenvalue weighted by Crippen LogP contribution is 2.21. The zero-order valence-corrected chi connectivity index (χ0v) is 12.5. The molecule has 1 heterocycles. The van der Waals surface area contributed by atoms with Gasteiger partial charge < -0.3 is 5.32 Å². The molecule has 1 aromatic heterocycles. The largest absolute Gasteiger partial charge is 0.324 e. The lowest BCUT2D eigenvalue weighted by Crippen LogP contribution is -2.19. The number of carbonyl (C=O) groups is 1. The number of anilines is 2. The van der Waals surface area contributed by atoms with E-state index in [-0.39, 0.29) is 5.82 Å². The Hall–Kier alpha value is -3.15. The van der Waals surface area contributed by atoms with Crippen molar-refractivity contribution >= 4 is 17.5 Å². The van der Waals surface area contributed by atoms with Crippen LogP contribution in [0.2, 0.25) is 0 Å². The van der Waals surface area contributed by atoms with Gasteiger partial charge in [-0.3, -0.25) is 10.00 Å². The molecule has 0 aliphatic carbocycles. The van der Waals surface area contributed by atoms with E-state index in [2.05, 4.69) is 15.7 Å². The van der Waals surface area contributed by atoms with Crippen LogP contribution in [0.3, 0.4) is 0 Å². The second-order valence-electron chi connectivity index (χ2n) is 4.99. The highest BCUT2D eigenvalue weighted by molar-refractivity contribution is 5.99. The number of urea groups is 1. The Morgan fingerprint density at radius 2 is 1.74 bits per heavy atom. The van der Waals surface area contributed by atoms with E-state index in [0.29, 0.717) is 11.5 Å². The summed E-state index contributed by atoms with van der Waals surface area (Å²) in [6, 6.07) is 16.7. The minimum atomic E-state index is -0.436. The number of nitrogens with zero attached hydrogens (tertiary/aromatic N) is 2. The van der Waals surface area contributed by atoms with Gasteiger partial charge >= 0.3 is 6.03 Å². The molecule has 23 heavy (non-hydrogen) atoms. The Balaban J connectivity index is 1.71. The smallest absolute Gasteiger partial charge is 0.308 e. The molecule has 3 aromatic rings. The minimum Gasteiger partial charge on any atom is -0.308 e. The molecule has 0 fully saturated rings. The molecule has 116 valence electrons. The summed E-state index contributed by atoms with van der Waals surface area (Å²) < 4.78 is 14.5. The quantitative estimate of drug-likeness (QED) is 0.771. The van der Waals surface area contributed by atoms with Crippen molar-refractivity contribution in [2.75, 3.05) is 10.6 Å². The molecule has 6 heteroatoms. The van der Waals surface area contributed by atoms with Crippen molar-refractivity contribution in [3.05, 3.63) is 66.5 Å². The maximum atomic E-state index is 12.8. The number of aryl methyl sites for hydroxylation is 1. The highest BCUT2D eigenvalue weighted by Gasteiger charge is 2.10. The summed E-state index contributed by atoms with van der Waals surface area (Å²) in [6.07, 6.45) is 0. The molecule has 0 unspecified atom stereocenters. The fraction of sp³-hybridized carbons (Fsp3) is 0.0588. The van der Waals surface area contributed by atoms with E-state index < -0.39 is 6.03 Å². The van der Waals surface area contributed by atoms with Crippen molar-refractivity contribution in [1.29, 1.82) is 0 Å². The van der Waals surface area contributed by atoms with Gasteiger partial charge in [0.05, 0.1) is 5.69 Å². The Labute approximate surface area is 132 Å². The van der Waals surface area contributed by atoms with Crippen LogP contribution in [-0.2, 0) is 7.05 Å². The van der Waals surface area contributed by atoms with Gasteiger partial charge in [-0.2, -0.15) is 5.10 Å². The molecular formula is C17H15FN4O. The SMILES string of the molecule is Cn1nc(NC(=O)Nc2ccc(F)cc2)cc1-c1ccccc1. The summed E-state index contributed by atoms with van der Waals surface area (Å²) in [7, 11) is 1.81. The van der Waals surface area contributed by atoms with E-state index in [1.165, 1.54) is 24.3 Å². The predicted octanol–water partition coefficient (Wildman–Crippen LogP) is 3.87. The van der Waals surface area contributed by atoms with Crippen molar-refractivity contribution < 1.29 is 9.18 Å². The molecule has 0 saturated carbocycles. The molecule has 0 aliphatic rings. The highest BCUT2D eigenvalue weighted by atomic mass is 19.1. The minimum absolute atomic E-state index is 0.354. The molecule has 0 atom stereocenters. The van der Waals surface area contributed by atoms with Gasteiger partial charge in [-0.25, -0.2) is 9.18 Å². The van der Waals surface area contributed by atoms with Crippen LogP contribution in [0.5, 0.6) is 0 Å². The maximum absolute atomic E-state index is 12.8. The van der Waals surface area contributed by atoms with Crippen molar-refractivity contribution in [2.24, 2.45) is 7.05 Å². The number of aromatic nitrogens is 2. The van der Waals surface area contributed by atoms with Crippen LogP contribution in [0.25, 0.3) is 11.3 Å². The van der Waals surface area contributed by atoms with E-state index in [4.69, 9.17) is 0 Å². The van der Waals surface area contributed by atoms with E-state index >= 15 is 0 Å². The van der Waals surface area contributed by atoms with Crippen LogP contribution in [0.15, 0.2) is 60.7 Å². The Bertz CT molecular complexity index is 812. The van der Waals surface area contributed by atoms with Gasteiger partial charge in [0.15, 0.2) is 5.82 Å². The lowest BCUT2D eigenvalue weighted by molar-refractivity contribution is 0.262. The summed E-state index contributed by atoms with van der Waals surface area (Å²) >= 11 is 0. The van der Waals surface area contributed by atoms with Crippen molar-refractivity contribution in [3.8, 4) is 11.3 Å². The van der Waals surface area contributed by atoms with Crippen LogP contribution in [0.1, 0.15) is 0 Å². The summed E-state index contributed by atoms with van der Waals surface area (Å²) in [6.45, 7) is 0. The first kappa shape index (κ1) is 14.8. The van der Waals surface area contributed by atoms with Gasteiger partial charge in [-0.1, -0.05) is 30.3 Å².